The molecule has 0 saturated heterocycles. The molecule has 0 bridgehead atoms. The summed E-state index contributed by atoms with van der Waals surface area (Å²) in [5.74, 6) is 0. The molecule has 0 fully saturated rings. The first-order valence-electron chi connectivity index (χ1n) is 6.47. The molecular weight excluding hydrogens is 248 g/mol. The van der Waals surface area contributed by atoms with Crippen molar-refractivity contribution in [1.29, 1.82) is 0 Å². The molecule has 0 nitrogen and oxygen atoms in total. The van der Waals surface area contributed by atoms with Crippen LogP contribution in [0.1, 0.15) is 0 Å². The molecular formula is C18H10S. The minimum atomic E-state index is 1.34. The third-order valence-electron chi connectivity index (χ3n) is 4.00. The van der Waals surface area contributed by atoms with Crippen LogP contribution in [0.25, 0.3) is 41.7 Å². The molecule has 0 N–H and O–H groups in total. The number of benzene rings is 4. The van der Waals surface area contributed by atoms with Crippen LogP contribution in [0.4, 0.5) is 0 Å². The average Bonchev–Trinajstić information content (AvgIpc) is 2.85. The quantitative estimate of drug-likeness (QED) is 0.243. The van der Waals surface area contributed by atoms with Gasteiger partial charge in [-0.25, -0.2) is 0 Å². The van der Waals surface area contributed by atoms with Gasteiger partial charge in [0.25, 0.3) is 0 Å². The van der Waals surface area contributed by atoms with E-state index in [0.29, 0.717) is 0 Å². The topological polar surface area (TPSA) is 0 Å². The van der Waals surface area contributed by atoms with E-state index in [1.54, 1.807) is 0 Å². The zero-order chi connectivity index (χ0) is 12.4. The van der Waals surface area contributed by atoms with Crippen LogP contribution in [0.5, 0.6) is 0 Å². The molecule has 1 heteroatoms. The fourth-order valence-electron chi connectivity index (χ4n) is 3.16. The second kappa shape index (κ2) is 3.25. The molecule has 1 aromatic heterocycles. The fraction of sp³-hybridized carbons (Fsp3) is 0. The largest absolute Gasteiger partial charge is 0.134 e. The van der Waals surface area contributed by atoms with E-state index in [0.717, 1.165) is 0 Å². The first-order chi connectivity index (χ1) is 9.42. The van der Waals surface area contributed by atoms with E-state index in [-0.39, 0.29) is 0 Å². The summed E-state index contributed by atoms with van der Waals surface area (Å²) in [4.78, 5) is 0. The lowest BCUT2D eigenvalue weighted by Gasteiger charge is -2.04. The lowest BCUT2D eigenvalue weighted by molar-refractivity contribution is 1.82. The SMILES string of the molecule is c1ccc2c(c1)cc1ccc3cccc4sc2c1c34. The Balaban J connectivity index is 2.26. The van der Waals surface area contributed by atoms with Crippen LogP contribution in [0.2, 0.25) is 0 Å². The van der Waals surface area contributed by atoms with Gasteiger partial charge in [-0.15, -0.1) is 11.3 Å². The van der Waals surface area contributed by atoms with E-state index in [2.05, 4.69) is 60.7 Å². The van der Waals surface area contributed by atoms with E-state index in [4.69, 9.17) is 0 Å². The first-order valence-corrected chi connectivity index (χ1v) is 7.28. The summed E-state index contributed by atoms with van der Waals surface area (Å²) in [5.41, 5.74) is 0. The van der Waals surface area contributed by atoms with Gasteiger partial charge in [-0.1, -0.05) is 48.5 Å². The predicted molar refractivity (Wildman–Crippen MR) is 85.5 cm³/mol. The highest BCUT2D eigenvalue weighted by atomic mass is 32.1. The molecule has 1 heterocycles. The maximum Gasteiger partial charge on any atom is 0.0440 e. The van der Waals surface area contributed by atoms with Gasteiger partial charge in [-0.05, 0) is 33.7 Å². The molecule has 0 aliphatic heterocycles. The molecule has 0 aliphatic rings. The van der Waals surface area contributed by atoms with Gasteiger partial charge >= 0.3 is 0 Å². The molecule has 88 valence electrons. The van der Waals surface area contributed by atoms with Crippen molar-refractivity contribution in [2.75, 3.05) is 0 Å². The Labute approximate surface area is 114 Å². The van der Waals surface area contributed by atoms with Crippen molar-refractivity contribution in [1.82, 2.24) is 0 Å². The molecule has 0 unspecified atom stereocenters. The Kier molecular flexibility index (Phi) is 1.67. The fourth-order valence-corrected chi connectivity index (χ4v) is 4.47. The highest BCUT2D eigenvalue weighted by Gasteiger charge is 2.13. The summed E-state index contributed by atoms with van der Waals surface area (Å²) >= 11 is 1.92. The van der Waals surface area contributed by atoms with Crippen LogP contribution in [-0.4, -0.2) is 0 Å². The predicted octanol–water partition coefficient (Wildman–Crippen LogP) is 5.80. The number of thiophene rings is 1. The third kappa shape index (κ3) is 1.14. The highest BCUT2D eigenvalue weighted by Crippen LogP contribution is 2.43. The van der Waals surface area contributed by atoms with Gasteiger partial charge in [0.15, 0.2) is 0 Å². The third-order valence-corrected chi connectivity index (χ3v) is 5.18. The minimum absolute atomic E-state index is 1.34. The van der Waals surface area contributed by atoms with E-state index >= 15 is 0 Å². The van der Waals surface area contributed by atoms with Crippen molar-refractivity contribution in [3.05, 3.63) is 60.7 Å². The zero-order valence-corrected chi connectivity index (χ0v) is 11.0. The van der Waals surface area contributed by atoms with Gasteiger partial charge in [0.2, 0.25) is 0 Å². The molecule has 19 heavy (non-hydrogen) atoms. The van der Waals surface area contributed by atoms with Crippen LogP contribution in [-0.2, 0) is 0 Å². The molecule has 5 rings (SSSR count). The van der Waals surface area contributed by atoms with Crippen LogP contribution < -0.4 is 0 Å². The molecule has 0 spiro atoms. The summed E-state index contributed by atoms with van der Waals surface area (Å²) in [6, 6.07) is 22.1. The van der Waals surface area contributed by atoms with Crippen LogP contribution >= 0.6 is 11.3 Å². The first kappa shape index (κ1) is 9.76. The van der Waals surface area contributed by atoms with Crippen molar-refractivity contribution in [3.8, 4) is 0 Å². The van der Waals surface area contributed by atoms with Crippen LogP contribution in [0.15, 0.2) is 60.7 Å². The van der Waals surface area contributed by atoms with Crippen LogP contribution in [0, 0.1) is 0 Å². The van der Waals surface area contributed by atoms with Gasteiger partial charge in [0.05, 0.1) is 0 Å². The Morgan fingerprint density at radius 2 is 1.47 bits per heavy atom. The molecule has 0 amide bonds. The maximum absolute atomic E-state index is 2.32. The van der Waals surface area contributed by atoms with Crippen molar-refractivity contribution in [3.63, 3.8) is 0 Å². The van der Waals surface area contributed by atoms with E-state index < -0.39 is 0 Å². The molecule has 4 aromatic carbocycles. The Hall–Kier alpha value is -2.12. The number of hydrogen-bond acceptors (Lipinski definition) is 1. The van der Waals surface area contributed by atoms with E-state index in [9.17, 15) is 0 Å². The van der Waals surface area contributed by atoms with Gasteiger partial charge in [0, 0.05) is 20.2 Å². The second-order valence-electron chi connectivity index (χ2n) is 5.05. The second-order valence-corrected chi connectivity index (χ2v) is 6.10. The molecule has 0 saturated carbocycles. The van der Waals surface area contributed by atoms with E-state index in [1.807, 2.05) is 11.3 Å². The highest BCUT2D eigenvalue weighted by molar-refractivity contribution is 7.27. The van der Waals surface area contributed by atoms with E-state index in [1.165, 1.54) is 41.7 Å². The molecule has 0 atom stereocenters. The zero-order valence-electron chi connectivity index (χ0n) is 10.2. The summed E-state index contributed by atoms with van der Waals surface area (Å²) in [6.45, 7) is 0. The maximum atomic E-state index is 2.32. The van der Waals surface area contributed by atoms with Crippen molar-refractivity contribution in [2.45, 2.75) is 0 Å². The summed E-state index contributed by atoms with van der Waals surface area (Å²) in [7, 11) is 0. The monoisotopic (exact) mass is 258 g/mol. The number of rotatable bonds is 0. The van der Waals surface area contributed by atoms with Gasteiger partial charge < -0.3 is 0 Å². The number of fused-ring (bicyclic) bond motifs is 2. The molecule has 0 radical (unpaired) electrons. The Morgan fingerprint density at radius 3 is 2.47 bits per heavy atom. The Bertz CT molecular complexity index is 1050. The number of hydrogen-bond donors (Lipinski definition) is 0. The smallest absolute Gasteiger partial charge is 0.0440 e. The van der Waals surface area contributed by atoms with Gasteiger partial charge in [-0.2, -0.15) is 0 Å². The summed E-state index contributed by atoms with van der Waals surface area (Å²) < 4.78 is 2.83. The summed E-state index contributed by atoms with van der Waals surface area (Å²) in [5, 5.41) is 8.31. The lowest BCUT2D eigenvalue weighted by atomic mass is 9.98. The van der Waals surface area contributed by atoms with Gasteiger partial charge in [-0.3, -0.25) is 0 Å². The van der Waals surface area contributed by atoms with Crippen LogP contribution in [0.3, 0.4) is 0 Å². The van der Waals surface area contributed by atoms with Crippen molar-refractivity contribution < 1.29 is 0 Å². The van der Waals surface area contributed by atoms with Crippen molar-refractivity contribution in [2.24, 2.45) is 0 Å². The minimum Gasteiger partial charge on any atom is -0.134 e. The lowest BCUT2D eigenvalue weighted by Crippen LogP contribution is -1.78. The molecule has 0 aliphatic carbocycles. The Morgan fingerprint density at radius 1 is 0.632 bits per heavy atom. The average molecular weight is 258 g/mol. The summed E-state index contributed by atoms with van der Waals surface area (Å²) in [6.07, 6.45) is 0. The standard InChI is InChI=1S/C18H10S/c1-2-6-14-12(4-1)10-13-9-8-11-5-3-7-15-16(11)17(13)18(14)19-15/h1-10H. The normalized spacial score (nSPS) is 12.2. The van der Waals surface area contributed by atoms with Crippen molar-refractivity contribution >= 4 is 53.1 Å². The molecule has 5 aromatic rings. The van der Waals surface area contributed by atoms with Gasteiger partial charge in [0.1, 0.15) is 0 Å².